The van der Waals surface area contributed by atoms with Crippen LogP contribution in [0.1, 0.15) is 45.7 Å². The summed E-state index contributed by atoms with van der Waals surface area (Å²) < 4.78 is 0. The second kappa shape index (κ2) is 7.29. The largest absolute Gasteiger partial charge is 0.293 e. The first-order chi connectivity index (χ1) is 10.9. The molecule has 0 aromatic heterocycles. The molecule has 2 nitrogen and oxygen atoms in total. The Morgan fingerprint density at radius 3 is 1.30 bits per heavy atom. The van der Waals surface area contributed by atoms with Gasteiger partial charge in [-0.3, -0.25) is 9.59 Å². The molecule has 2 rings (SSSR count). The number of rotatable bonds is 6. The van der Waals surface area contributed by atoms with Crippen molar-refractivity contribution in [1.82, 2.24) is 0 Å². The van der Waals surface area contributed by atoms with E-state index in [2.05, 4.69) is 13.8 Å². The van der Waals surface area contributed by atoms with E-state index in [1.807, 2.05) is 24.3 Å². The van der Waals surface area contributed by atoms with Crippen molar-refractivity contribution in [1.29, 1.82) is 0 Å². The maximum Gasteiger partial charge on any atom is 0.177 e. The summed E-state index contributed by atoms with van der Waals surface area (Å²) in [5, 5.41) is 0. The summed E-state index contributed by atoms with van der Waals surface area (Å²) in [4.78, 5) is 23.2. The number of benzene rings is 2. The summed E-state index contributed by atoms with van der Waals surface area (Å²) in [6.07, 6.45) is 0. The molecule has 2 aromatic carbocycles. The van der Waals surface area contributed by atoms with Gasteiger partial charge in [-0.2, -0.15) is 0 Å². The molecule has 2 aromatic rings. The Morgan fingerprint density at radius 1 is 0.739 bits per heavy atom. The van der Waals surface area contributed by atoms with Crippen LogP contribution in [0.3, 0.4) is 0 Å². The molecule has 0 aliphatic rings. The normalized spacial score (nSPS) is 11.3. The molecule has 0 saturated heterocycles. The molecular formula is C19H18Cl2O2. The highest BCUT2D eigenvalue weighted by molar-refractivity contribution is 6.30. The fourth-order valence-corrected chi connectivity index (χ4v) is 2.78. The zero-order chi connectivity index (χ0) is 17.0. The highest BCUT2D eigenvalue weighted by atomic mass is 35.5. The molecular weight excluding hydrogens is 331 g/mol. The van der Waals surface area contributed by atoms with E-state index in [4.69, 9.17) is 23.2 Å². The van der Waals surface area contributed by atoms with Gasteiger partial charge in [0.05, 0.1) is 11.8 Å². The molecule has 0 spiro atoms. The summed E-state index contributed by atoms with van der Waals surface area (Å²) in [6.45, 7) is 4.20. The number of Topliss-reactive ketones (excluding diaryl/α,β-unsaturated/α-hetero) is 2. The molecule has 0 atom stereocenters. The number of hydrogen-bond donors (Lipinski definition) is 0. The zero-order valence-corrected chi connectivity index (χ0v) is 14.6. The van der Waals surface area contributed by atoms with Gasteiger partial charge < -0.3 is 0 Å². The lowest BCUT2D eigenvalue weighted by Gasteiger charge is -2.26. The molecule has 4 heteroatoms. The van der Waals surface area contributed by atoms with Crippen molar-refractivity contribution in [2.45, 2.75) is 19.3 Å². The minimum atomic E-state index is -0.245. The fraction of sp³-hybridized carbons (Fsp3) is 0.263. The van der Waals surface area contributed by atoms with Crippen LogP contribution in [0.15, 0.2) is 48.5 Å². The van der Waals surface area contributed by atoms with Crippen molar-refractivity contribution in [3.63, 3.8) is 0 Å². The second-order valence-electron chi connectivity index (χ2n) is 5.89. The topological polar surface area (TPSA) is 34.1 Å². The van der Waals surface area contributed by atoms with Crippen LogP contribution in [0.25, 0.3) is 0 Å². The van der Waals surface area contributed by atoms with Crippen molar-refractivity contribution in [3.8, 4) is 0 Å². The number of carbonyl (C=O) groups is 2. The van der Waals surface area contributed by atoms with Gasteiger partial charge in [-0.1, -0.05) is 62.4 Å². The molecule has 0 fully saturated rings. The quantitative estimate of drug-likeness (QED) is 0.552. The number of carbonyl (C=O) groups excluding carboxylic acids is 2. The third-order valence-corrected chi connectivity index (χ3v) is 4.59. The maximum atomic E-state index is 11.6. The van der Waals surface area contributed by atoms with E-state index < -0.39 is 0 Å². The van der Waals surface area contributed by atoms with Crippen LogP contribution in [-0.2, 0) is 5.41 Å². The summed E-state index contributed by atoms with van der Waals surface area (Å²) in [5.41, 5.74) is 3.15. The van der Waals surface area contributed by atoms with E-state index in [0.29, 0.717) is 11.1 Å². The smallest absolute Gasteiger partial charge is 0.177 e. The molecule has 0 aliphatic heterocycles. The fourth-order valence-electron chi connectivity index (χ4n) is 2.47. The van der Waals surface area contributed by atoms with Gasteiger partial charge in [0.2, 0.25) is 0 Å². The van der Waals surface area contributed by atoms with Crippen molar-refractivity contribution in [3.05, 3.63) is 70.8 Å². The molecule has 0 amide bonds. The molecule has 0 radical (unpaired) electrons. The lowest BCUT2D eigenvalue weighted by atomic mass is 9.77. The van der Waals surface area contributed by atoms with Crippen molar-refractivity contribution >= 4 is 34.8 Å². The number of hydrogen-bond acceptors (Lipinski definition) is 2. The van der Waals surface area contributed by atoms with Crippen LogP contribution in [0.5, 0.6) is 0 Å². The minimum Gasteiger partial charge on any atom is -0.293 e. The van der Waals surface area contributed by atoms with E-state index in [-0.39, 0.29) is 28.7 Å². The first kappa shape index (κ1) is 17.7. The predicted molar refractivity (Wildman–Crippen MR) is 95.1 cm³/mol. The van der Waals surface area contributed by atoms with Gasteiger partial charge in [0.25, 0.3) is 0 Å². The molecule has 23 heavy (non-hydrogen) atoms. The van der Waals surface area contributed by atoms with Crippen LogP contribution >= 0.6 is 23.2 Å². The van der Waals surface area contributed by atoms with Gasteiger partial charge in [-0.25, -0.2) is 0 Å². The summed E-state index contributed by atoms with van der Waals surface area (Å²) >= 11 is 11.2. The molecule has 120 valence electrons. The molecule has 0 unspecified atom stereocenters. The molecule has 0 aliphatic carbocycles. The van der Waals surface area contributed by atoms with E-state index in [1.165, 1.54) is 0 Å². The highest BCUT2D eigenvalue weighted by Crippen LogP contribution is 2.31. The summed E-state index contributed by atoms with van der Waals surface area (Å²) in [5.74, 6) is -0.197. The standard InChI is InChI=1S/C19H18Cl2O2/c1-19(2,15-7-3-13(4-8-15)17(22)11-20)16-9-5-14(6-10-16)18(23)12-21/h3-10H,11-12H2,1-2H3. The average molecular weight is 349 g/mol. The van der Waals surface area contributed by atoms with Crippen LogP contribution in [0.2, 0.25) is 0 Å². The molecule has 0 N–H and O–H groups in total. The van der Waals surface area contributed by atoms with E-state index in [9.17, 15) is 9.59 Å². The third kappa shape index (κ3) is 3.82. The van der Waals surface area contributed by atoms with Gasteiger partial charge in [-0.05, 0) is 11.1 Å². The van der Waals surface area contributed by atoms with Crippen LogP contribution in [0.4, 0.5) is 0 Å². The monoisotopic (exact) mass is 348 g/mol. The average Bonchev–Trinajstić information content (AvgIpc) is 2.60. The minimum absolute atomic E-state index is 0.0151. The Kier molecular flexibility index (Phi) is 5.61. The van der Waals surface area contributed by atoms with Crippen LogP contribution < -0.4 is 0 Å². The Labute approximate surface area is 146 Å². The lowest BCUT2D eigenvalue weighted by molar-refractivity contribution is 0.101. The van der Waals surface area contributed by atoms with Gasteiger partial charge in [0.1, 0.15) is 0 Å². The van der Waals surface area contributed by atoms with Crippen LogP contribution in [-0.4, -0.2) is 23.3 Å². The predicted octanol–water partition coefficient (Wildman–Crippen LogP) is 4.86. The number of halogens is 2. The number of ketones is 2. The van der Waals surface area contributed by atoms with Crippen molar-refractivity contribution in [2.24, 2.45) is 0 Å². The maximum absolute atomic E-state index is 11.6. The van der Waals surface area contributed by atoms with Crippen LogP contribution in [0, 0.1) is 0 Å². The van der Waals surface area contributed by atoms with Crippen molar-refractivity contribution in [2.75, 3.05) is 11.8 Å². The SMILES string of the molecule is CC(C)(c1ccc(C(=O)CCl)cc1)c1ccc(C(=O)CCl)cc1. The first-order valence-electron chi connectivity index (χ1n) is 7.29. The van der Waals surface area contributed by atoms with Gasteiger partial charge >= 0.3 is 0 Å². The Balaban J connectivity index is 2.30. The van der Waals surface area contributed by atoms with E-state index in [1.54, 1.807) is 24.3 Å². The first-order valence-corrected chi connectivity index (χ1v) is 8.36. The molecule has 0 saturated carbocycles. The van der Waals surface area contributed by atoms with Crippen molar-refractivity contribution < 1.29 is 9.59 Å². The summed E-state index contributed by atoms with van der Waals surface area (Å²) in [6, 6.07) is 15.0. The Hall–Kier alpha value is -1.64. The Morgan fingerprint density at radius 2 is 1.04 bits per heavy atom. The lowest BCUT2D eigenvalue weighted by Crippen LogP contribution is -2.19. The second-order valence-corrected chi connectivity index (χ2v) is 6.43. The highest BCUT2D eigenvalue weighted by Gasteiger charge is 2.23. The van der Waals surface area contributed by atoms with E-state index >= 15 is 0 Å². The third-order valence-electron chi connectivity index (χ3n) is 4.10. The molecule has 0 heterocycles. The van der Waals surface area contributed by atoms with Gasteiger partial charge in [0, 0.05) is 16.5 Å². The summed E-state index contributed by atoms with van der Waals surface area (Å²) in [7, 11) is 0. The number of alkyl halides is 2. The van der Waals surface area contributed by atoms with Gasteiger partial charge in [-0.15, -0.1) is 23.2 Å². The Bertz CT molecular complexity index is 640. The molecule has 0 bridgehead atoms. The van der Waals surface area contributed by atoms with Gasteiger partial charge in [0.15, 0.2) is 11.6 Å². The zero-order valence-electron chi connectivity index (χ0n) is 13.1. The van der Waals surface area contributed by atoms with E-state index in [0.717, 1.165) is 11.1 Å².